The topological polar surface area (TPSA) is 93.3 Å². The van der Waals surface area contributed by atoms with Gasteiger partial charge in [-0.25, -0.2) is 18.1 Å². The molecule has 4 aromatic rings. The normalized spacial score (nSPS) is 19.7. The molecule has 3 aromatic carbocycles. The molecule has 34 heavy (non-hydrogen) atoms. The van der Waals surface area contributed by atoms with Gasteiger partial charge >= 0.3 is 0 Å². The van der Waals surface area contributed by atoms with Crippen molar-refractivity contribution in [2.45, 2.75) is 10.1 Å². The molecular weight excluding hydrogens is 470 g/mol. The number of nitrogens with zero attached hydrogens (tertiary/aromatic N) is 1. The van der Waals surface area contributed by atoms with Crippen molar-refractivity contribution in [3.05, 3.63) is 78.6 Å². The lowest BCUT2D eigenvalue weighted by molar-refractivity contribution is 0.414. The van der Waals surface area contributed by atoms with E-state index in [0.717, 1.165) is 0 Å². The van der Waals surface area contributed by atoms with Gasteiger partial charge in [-0.05, 0) is 60.5 Å². The minimum Gasteiger partial charge on any atom is -0.497 e. The van der Waals surface area contributed by atoms with Crippen LogP contribution in [0.5, 0.6) is 11.5 Å². The van der Waals surface area contributed by atoms with Gasteiger partial charge in [-0.1, -0.05) is 29.9 Å². The smallest absolute Gasteiger partial charge is 0.240 e. The first-order valence-corrected chi connectivity index (χ1v) is 11.4. The summed E-state index contributed by atoms with van der Waals surface area (Å²) in [7, 11) is -7.14. The maximum atomic E-state index is 13.2. The van der Waals surface area contributed by atoms with Crippen LogP contribution < -0.4 is 14.2 Å². The highest BCUT2D eigenvalue weighted by Gasteiger charge is 2.16. The van der Waals surface area contributed by atoms with E-state index in [1.807, 2.05) is 0 Å². The average molecular weight is 530 g/mol. The number of hydrogen-bond acceptors (Lipinski definition) is 6. The van der Waals surface area contributed by atoms with Crippen molar-refractivity contribution < 1.29 is 41.2 Å². The SMILES string of the molecule is [3H]c1c([3H])c([3H])c(S(=O)(=O)NC([3H])([3H])C([3H])([3H])Sc2nc(-c3ccc(OC)cc3)c(-c3c([3H])c([3H])c(OC([3H])([3H])[3H])c([3H])c3[3H])n2[3H])c([3H])c1[3H]. The number of aromatic nitrogens is 2. The molecule has 0 saturated heterocycles. The maximum Gasteiger partial charge on any atom is 0.240 e. The fourth-order valence-corrected chi connectivity index (χ4v) is 3.74. The summed E-state index contributed by atoms with van der Waals surface area (Å²) in [6.07, 6.45) is 0. The van der Waals surface area contributed by atoms with Gasteiger partial charge in [0.05, 0.1) is 46.9 Å². The second-order valence-corrected chi connectivity index (χ2v) is 8.52. The van der Waals surface area contributed by atoms with Gasteiger partial charge in [0.15, 0.2) is 6.57 Å². The second-order valence-electron chi connectivity index (χ2n) is 6.13. The molecule has 0 aliphatic heterocycles. The highest BCUT2D eigenvalue weighted by atomic mass is 32.2. The lowest BCUT2D eigenvalue weighted by atomic mass is 10.0. The van der Waals surface area contributed by atoms with Crippen LogP contribution in [0.3, 0.4) is 0 Å². The summed E-state index contributed by atoms with van der Waals surface area (Å²) in [6.45, 7) is -3.65. The van der Waals surface area contributed by atoms with E-state index >= 15 is 0 Å². The number of thioether (sulfide) groups is 1. The second kappa shape index (κ2) is 10.8. The van der Waals surface area contributed by atoms with Crippen LogP contribution in [-0.4, -0.2) is 44.7 Å². The van der Waals surface area contributed by atoms with Crippen molar-refractivity contribution in [3.8, 4) is 34.0 Å². The van der Waals surface area contributed by atoms with Crippen molar-refractivity contribution in [1.29, 1.82) is 0 Å². The number of nitrogens with one attached hydrogen (secondary N) is 2. The number of H-pyrrole nitrogens is 1. The summed E-state index contributed by atoms with van der Waals surface area (Å²) in [5.74, 6) is -0.548. The molecule has 0 fully saturated rings. The molecule has 176 valence electrons. The van der Waals surface area contributed by atoms with E-state index in [-0.39, 0.29) is 23.0 Å². The molecule has 7 nitrogen and oxygen atoms in total. The number of imidazole rings is 1. The molecule has 0 atom stereocenters. The number of hydrogen-bond donors (Lipinski definition) is 2. The Morgan fingerprint density at radius 1 is 1.06 bits per heavy atom. The molecule has 0 saturated carbocycles. The van der Waals surface area contributed by atoms with E-state index in [9.17, 15) is 8.42 Å². The van der Waals surface area contributed by atoms with Crippen LogP contribution in [0.25, 0.3) is 22.5 Å². The van der Waals surface area contributed by atoms with Crippen LogP contribution in [-0.2, 0) is 10.0 Å². The first-order valence-electron chi connectivity index (χ1n) is 17.6. The van der Waals surface area contributed by atoms with Gasteiger partial charge in [0, 0.05) is 28.8 Å². The van der Waals surface area contributed by atoms with E-state index in [2.05, 4.69) is 4.98 Å². The molecule has 0 radical (unpaired) electrons. The minimum absolute atomic E-state index is 0.146. The predicted octanol–water partition coefficient (Wildman–Crippen LogP) is 4.83. The van der Waals surface area contributed by atoms with Gasteiger partial charge in [0.1, 0.15) is 11.5 Å². The molecule has 9 heteroatoms. The van der Waals surface area contributed by atoms with E-state index in [1.165, 1.54) is 36.1 Å². The Morgan fingerprint density at radius 3 is 2.47 bits per heavy atom. The summed E-state index contributed by atoms with van der Waals surface area (Å²) in [5.41, 5.74) is -4.59. The third-order valence-electron chi connectivity index (χ3n) is 4.07. The van der Waals surface area contributed by atoms with Gasteiger partial charge in [-0.2, -0.15) is 0 Å². The van der Waals surface area contributed by atoms with Gasteiger partial charge < -0.3 is 14.5 Å². The number of rotatable bonds is 10. The molecule has 1 heterocycles. The summed E-state index contributed by atoms with van der Waals surface area (Å²) in [4.78, 5) is 3.23. The van der Waals surface area contributed by atoms with Crippen molar-refractivity contribution in [3.63, 3.8) is 0 Å². The van der Waals surface area contributed by atoms with E-state index in [0.29, 0.717) is 10.7 Å². The molecule has 0 spiro atoms. The summed E-state index contributed by atoms with van der Waals surface area (Å²) < 4.78 is 175. The molecule has 2 N–H and O–H groups in total. The molecule has 0 aliphatic carbocycles. The first-order chi connectivity index (χ1) is 23.3. The highest BCUT2D eigenvalue weighted by Crippen LogP contribution is 2.34. The molecule has 0 amide bonds. The largest absolute Gasteiger partial charge is 0.497 e. The zero-order valence-corrected chi connectivity index (χ0v) is 18.8. The molecular formula is C25H25N3O4S2. The van der Waals surface area contributed by atoms with Crippen LogP contribution in [0.4, 0.5) is 0 Å². The monoisotopic (exact) mass is 529 g/mol. The van der Waals surface area contributed by atoms with Crippen LogP contribution in [0.15, 0.2) is 88.7 Å². The maximum absolute atomic E-state index is 13.2. The van der Waals surface area contributed by atoms with E-state index in [4.69, 9.17) is 32.8 Å². The predicted molar refractivity (Wildman–Crippen MR) is 135 cm³/mol. The first kappa shape index (κ1) is 10.6. The molecule has 0 bridgehead atoms. The number of sulfonamides is 1. The fourth-order valence-electron chi connectivity index (χ4n) is 2.55. The fraction of sp³-hybridized carbons (Fsp3) is 0.160. The van der Waals surface area contributed by atoms with E-state index < -0.39 is 111 Å². The van der Waals surface area contributed by atoms with Crippen LogP contribution in [0.2, 0.25) is 1.41 Å². The standard InChI is InChI=1S/C25H25N3O4S2/c1-31-20-12-8-18(9-13-20)23-24(19-10-14-21(32-2)15-11-19)28-25(27-23)33-17-16-26-34(29,30)22-6-4-3-5-7-22/h3-15,26H,16-17H2,1-2H3,(H,27,28)/i1T3,3T,4T,5T,6T,7T,8T,9T,12T,13T,16T2,17T2/hT. The van der Waals surface area contributed by atoms with Gasteiger partial charge in [-0.15, -0.1) is 0 Å². The van der Waals surface area contributed by atoms with Gasteiger partial charge in [-0.3, -0.25) is 0 Å². The van der Waals surface area contributed by atoms with Gasteiger partial charge in [0.2, 0.25) is 10.0 Å². The van der Waals surface area contributed by atoms with Crippen LogP contribution >= 0.6 is 11.8 Å². The third kappa shape index (κ3) is 5.61. The van der Waals surface area contributed by atoms with Crippen molar-refractivity contribution in [2.24, 2.45) is 0 Å². The molecule has 0 unspecified atom stereocenters. The van der Waals surface area contributed by atoms with Crippen molar-refractivity contribution >= 4 is 21.8 Å². The molecule has 1 aromatic heterocycles. The summed E-state index contributed by atoms with van der Waals surface area (Å²) in [5, 5.41) is -0.702. The van der Waals surface area contributed by atoms with Gasteiger partial charge in [0.25, 0.3) is 0 Å². The summed E-state index contributed by atoms with van der Waals surface area (Å²) >= 11 is -0.146. The third-order valence-corrected chi connectivity index (χ3v) is 5.75. The Hall–Kier alpha value is -3.27. The highest BCUT2D eigenvalue weighted by molar-refractivity contribution is 7.99. The zero-order valence-electron chi connectivity index (χ0n) is 34.2. The number of benzene rings is 3. The lowest BCUT2D eigenvalue weighted by Gasteiger charge is -2.06. The Labute approximate surface area is 227 Å². The van der Waals surface area contributed by atoms with Crippen molar-refractivity contribution in [1.82, 2.24) is 14.7 Å². The minimum atomic E-state index is -5.37. The Morgan fingerprint density at radius 2 is 1.79 bits per heavy atom. The summed E-state index contributed by atoms with van der Waals surface area (Å²) in [6, 6.07) is -3.29. The molecule has 0 aliphatic rings. The quantitative estimate of drug-likeness (QED) is 0.286. The lowest BCUT2D eigenvalue weighted by Crippen LogP contribution is -2.25. The zero-order chi connectivity index (χ0) is 38.8. The Kier molecular flexibility index (Phi) is 3.34. The number of methoxy groups -OCH3 is 2. The molecule has 4 rings (SSSR count). The van der Waals surface area contributed by atoms with Crippen LogP contribution in [0.1, 0.15) is 21.9 Å². The number of ether oxygens (including phenoxy) is 2. The average Bonchev–Trinajstić information content (AvgIpc) is 3.33. The van der Waals surface area contributed by atoms with Crippen molar-refractivity contribution in [2.75, 3.05) is 26.3 Å². The number of aromatic amines is 1. The van der Waals surface area contributed by atoms with Crippen LogP contribution in [0, 0.1) is 0 Å². The Bertz CT molecular complexity index is 2080. The van der Waals surface area contributed by atoms with E-state index in [1.54, 1.807) is 0 Å². The Balaban J connectivity index is 1.89.